The number of aryl methyl sites for hydroxylation is 1. The molecule has 4 heteroatoms. The largest absolute Gasteiger partial charge is 0.370 e. The fraction of sp³-hybridized carbons (Fsp3) is 0.267. The Labute approximate surface area is 117 Å². The van der Waals surface area contributed by atoms with Gasteiger partial charge >= 0.3 is 5.97 Å². The second-order valence-electron chi connectivity index (χ2n) is 4.42. The van der Waals surface area contributed by atoms with E-state index in [0.717, 1.165) is 6.42 Å². The van der Waals surface area contributed by atoms with E-state index in [1.54, 1.807) is 11.3 Å². The molecule has 0 bridgehead atoms. The summed E-state index contributed by atoms with van der Waals surface area (Å²) in [6.07, 6.45) is 0.787. The third-order valence-electron chi connectivity index (χ3n) is 2.85. The SMILES string of the molecule is CC(=O)ONC(Cc1ccccc1)c1sccc1C. The van der Waals surface area contributed by atoms with Gasteiger partial charge in [-0.15, -0.1) is 16.8 Å². The zero-order chi connectivity index (χ0) is 13.7. The van der Waals surface area contributed by atoms with Crippen molar-refractivity contribution in [2.45, 2.75) is 26.3 Å². The number of rotatable bonds is 5. The molecule has 1 aromatic heterocycles. The molecule has 0 aliphatic heterocycles. The lowest BCUT2D eigenvalue weighted by molar-refractivity contribution is -0.150. The molecule has 0 aliphatic carbocycles. The molecule has 0 spiro atoms. The quantitative estimate of drug-likeness (QED) is 0.850. The van der Waals surface area contributed by atoms with E-state index >= 15 is 0 Å². The van der Waals surface area contributed by atoms with Crippen molar-refractivity contribution in [1.82, 2.24) is 5.48 Å². The van der Waals surface area contributed by atoms with E-state index in [4.69, 9.17) is 4.84 Å². The van der Waals surface area contributed by atoms with Crippen molar-refractivity contribution in [1.29, 1.82) is 0 Å². The summed E-state index contributed by atoms with van der Waals surface area (Å²) in [7, 11) is 0. The lowest BCUT2D eigenvalue weighted by Crippen LogP contribution is -2.25. The normalized spacial score (nSPS) is 12.1. The molecule has 19 heavy (non-hydrogen) atoms. The van der Waals surface area contributed by atoms with Crippen LogP contribution >= 0.6 is 11.3 Å². The first kappa shape index (κ1) is 13.8. The molecule has 1 N–H and O–H groups in total. The topological polar surface area (TPSA) is 38.3 Å². The minimum absolute atomic E-state index is 0.00806. The van der Waals surface area contributed by atoms with Gasteiger partial charge in [0.05, 0.1) is 6.04 Å². The molecule has 1 heterocycles. The molecule has 3 nitrogen and oxygen atoms in total. The molecule has 2 aromatic rings. The lowest BCUT2D eigenvalue weighted by Gasteiger charge is -2.17. The molecule has 1 aromatic carbocycles. The van der Waals surface area contributed by atoms with E-state index < -0.39 is 0 Å². The number of nitrogens with one attached hydrogen (secondary N) is 1. The zero-order valence-electron chi connectivity index (χ0n) is 11.1. The highest BCUT2D eigenvalue weighted by Crippen LogP contribution is 2.26. The van der Waals surface area contributed by atoms with E-state index in [-0.39, 0.29) is 12.0 Å². The summed E-state index contributed by atoms with van der Waals surface area (Å²) >= 11 is 1.67. The monoisotopic (exact) mass is 275 g/mol. The van der Waals surface area contributed by atoms with Crippen LogP contribution < -0.4 is 5.48 Å². The minimum Gasteiger partial charge on any atom is -0.370 e. The predicted octanol–water partition coefficient (Wildman–Crippen LogP) is 3.41. The lowest BCUT2D eigenvalue weighted by atomic mass is 10.0. The molecule has 1 unspecified atom stereocenters. The van der Waals surface area contributed by atoms with Crippen LogP contribution in [-0.2, 0) is 16.1 Å². The second-order valence-corrected chi connectivity index (χ2v) is 5.37. The van der Waals surface area contributed by atoms with Crippen molar-refractivity contribution in [3.05, 3.63) is 57.8 Å². The summed E-state index contributed by atoms with van der Waals surface area (Å²) in [6, 6.07) is 12.2. The van der Waals surface area contributed by atoms with E-state index in [1.807, 2.05) is 18.2 Å². The molecular formula is C15H17NO2S. The summed E-state index contributed by atoms with van der Waals surface area (Å²) in [5, 5.41) is 2.05. The number of carbonyl (C=O) groups is 1. The summed E-state index contributed by atoms with van der Waals surface area (Å²) in [4.78, 5) is 17.1. The first-order valence-corrected chi connectivity index (χ1v) is 7.05. The van der Waals surface area contributed by atoms with Crippen molar-refractivity contribution < 1.29 is 9.63 Å². The van der Waals surface area contributed by atoms with E-state index in [0.29, 0.717) is 0 Å². The number of hydrogen-bond acceptors (Lipinski definition) is 4. The first-order chi connectivity index (χ1) is 9.16. The highest BCUT2D eigenvalue weighted by atomic mass is 32.1. The van der Waals surface area contributed by atoms with Gasteiger partial charge in [0.2, 0.25) is 0 Å². The molecule has 0 aliphatic rings. The smallest absolute Gasteiger partial charge is 0.321 e. The molecule has 1 atom stereocenters. The maximum Gasteiger partial charge on any atom is 0.321 e. The van der Waals surface area contributed by atoms with Crippen molar-refractivity contribution in [3.8, 4) is 0 Å². The van der Waals surface area contributed by atoms with E-state index in [9.17, 15) is 4.79 Å². The van der Waals surface area contributed by atoms with Gasteiger partial charge in [0.25, 0.3) is 0 Å². The van der Waals surface area contributed by atoms with E-state index in [2.05, 4.69) is 36.0 Å². The van der Waals surface area contributed by atoms with Crippen LogP contribution in [0.5, 0.6) is 0 Å². The van der Waals surface area contributed by atoms with Gasteiger partial charge in [-0.05, 0) is 35.9 Å². The standard InChI is InChI=1S/C15H17NO2S/c1-11-8-9-19-15(11)14(16-18-12(2)17)10-13-6-4-3-5-7-13/h3-9,14,16H,10H2,1-2H3. The Kier molecular flexibility index (Phi) is 4.71. The van der Waals surface area contributed by atoms with Crippen LogP contribution in [0.4, 0.5) is 0 Å². The van der Waals surface area contributed by atoms with Gasteiger partial charge in [-0.1, -0.05) is 30.3 Å². The molecule has 2 rings (SSSR count). The average molecular weight is 275 g/mol. The van der Waals surface area contributed by atoms with Crippen molar-refractivity contribution >= 4 is 17.3 Å². The van der Waals surface area contributed by atoms with Gasteiger partial charge in [-0.25, -0.2) is 0 Å². The van der Waals surface area contributed by atoms with Crippen LogP contribution in [0.25, 0.3) is 0 Å². The number of hydrogen-bond donors (Lipinski definition) is 1. The van der Waals surface area contributed by atoms with Crippen LogP contribution in [0.1, 0.15) is 29.0 Å². The van der Waals surface area contributed by atoms with Gasteiger partial charge in [-0.2, -0.15) is 0 Å². The Morgan fingerprint density at radius 3 is 2.63 bits per heavy atom. The number of benzene rings is 1. The van der Waals surface area contributed by atoms with Crippen LogP contribution in [-0.4, -0.2) is 5.97 Å². The fourth-order valence-corrected chi connectivity index (χ4v) is 2.90. The fourth-order valence-electron chi connectivity index (χ4n) is 1.93. The summed E-state index contributed by atoms with van der Waals surface area (Å²) in [5.41, 5.74) is 5.29. The average Bonchev–Trinajstić information content (AvgIpc) is 2.82. The van der Waals surface area contributed by atoms with Gasteiger partial charge in [0.1, 0.15) is 0 Å². The van der Waals surface area contributed by atoms with Crippen molar-refractivity contribution in [2.24, 2.45) is 0 Å². The van der Waals surface area contributed by atoms with Crippen molar-refractivity contribution in [2.75, 3.05) is 0 Å². The highest BCUT2D eigenvalue weighted by molar-refractivity contribution is 7.10. The molecule has 0 saturated carbocycles. The highest BCUT2D eigenvalue weighted by Gasteiger charge is 2.17. The van der Waals surface area contributed by atoms with Crippen LogP contribution in [0.2, 0.25) is 0 Å². The third kappa shape index (κ3) is 3.91. The number of carbonyl (C=O) groups excluding carboxylic acids is 1. The Morgan fingerprint density at radius 1 is 1.32 bits per heavy atom. The Morgan fingerprint density at radius 2 is 2.05 bits per heavy atom. The van der Waals surface area contributed by atoms with E-state index in [1.165, 1.54) is 22.9 Å². The van der Waals surface area contributed by atoms with Gasteiger partial charge < -0.3 is 4.84 Å². The third-order valence-corrected chi connectivity index (χ3v) is 3.98. The Bertz CT molecular complexity index is 536. The van der Waals surface area contributed by atoms with Crippen LogP contribution in [0, 0.1) is 6.92 Å². The second kappa shape index (κ2) is 6.50. The van der Waals surface area contributed by atoms with Gasteiger partial charge in [-0.3, -0.25) is 4.79 Å². The predicted molar refractivity (Wildman–Crippen MR) is 76.8 cm³/mol. The summed E-state index contributed by atoms with van der Waals surface area (Å²) in [5.74, 6) is -0.327. The zero-order valence-corrected chi connectivity index (χ0v) is 11.9. The summed E-state index contributed by atoms with van der Waals surface area (Å²) < 4.78 is 0. The molecule has 100 valence electrons. The van der Waals surface area contributed by atoms with Crippen LogP contribution in [0.15, 0.2) is 41.8 Å². The number of hydroxylamine groups is 1. The summed E-state index contributed by atoms with van der Waals surface area (Å²) in [6.45, 7) is 3.47. The number of thiophene rings is 1. The molecule has 0 radical (unpaired) electrons. The van der Waals surface area contributed by atoms with Crippen LogP contribution in [0.3, 0.4) is 0 Å². The van der Waals surface area contributed by atoms with Gasteiger partial charge in [0.15, 0.2) is 0 Å². The Hall–Kier alpha value is -1.65. The molecule has 0 amide bonds. The first-order valence-electron chi connectivity index (χ1n) is 6.17. The molecular weight excluding hydrogens is 258 g/mol. The molecule has 0 fully saturated rings. The Balaban J connectivity index is 2.15. The van der Waals surface area contributed by atoms with Gasteiger partial charge in [0, 0.05) is 11.8 Å². The van der Waals surface area contributed by atoms with Crippen molar-refractivity contribution in [3.63, 3.8) is 0 Å². The minimum atomic E-state index is -0.327. The molecule has 0 saturated heterocycles. The maximum atomic E-state index is 11.0. The maximum absolute atomic E-state index is 11.0.